The molecule has 0 aliphatic rings. The van der Waals surface area contributed by atoms with E-state index >= 15 is 0 Å². The molecule has 0 saturated heterocycles. The average Bonchev–Trinajstić information content (AvgIpc) is 2.29. The minimum absolute atomic E-state index is 0.295. The number of urea groups is 1. The number of carbonyl (C=O) groups excluding carboxylic acids is 2. The molecule has 0 unspecified atom stereocenters. The van der Waals surface area contributed by atoms with Crippen LogP contribution in [0.3, 0.4) is 0 Å². The van der Waals surface area contributed by atoms with Gasteiger partial charge >= 0.3 is 12.0 Å². The van der Waals surface area contributed by atoms with E-state index in [0.29, 0.717) is 17.7 Å². The molecule has 0 heterocycles. The minimum Gasteiger partial charge on any atom is -0.462 e. The van der Waals surface area contributed by atoms with Gasteiger partial charge < -0.3 is 10.5 Å². The van der Waals surface area contributed by atoms with E-state index in [4.69, 9.17) is 10.5 Å². The quantitative estimate of drug-likeness (QED) is 0.460. The molecule has 0 aromatic heterocycles. The number of hydrogen-bond acceptors (Lipinski definition) is 4. The summed E-state index contributed by atoms with van der Waals surface area (Å²) < 4.78 is 4.88. The monoisotopic (exact) mass is 235 g/mol. The number of primary amides is 1. The first kappa shape index (κ1) is 12.7. The van der Waals surface area contributed by atoms with Crippen molar-refractivity contribution in [1.29, 1.82) is 0 Å². The number of carbonyl (C=O) groups is 2. The molecule has 17 heavy (non-hydrogen) atoms. The molecular weight excluding hydrogens is 222 g/mol. The fraction of sp³-hybridized carbons (Fsp3) is 0.182. The molecule has 6 heteroatoms. The van der Waals surface area contributed by atoms with Gasteiger partial charge in [-0.3, -0.25) is 0 Å². The third-order valence-corrected chi connectivity index (χ3v) is 1.83. The lowest BCUT2D eigenvalue weighted by Crippen LogP contribution is -2.24. The summed E-state index contributed by atoms with van der Waals surface area (Å²) in [6.45, 7) is 2.02. The molecule has 0 radical (unpaired) electrons. The first-order chi connectivity index (χ1) is 8.15. The van der Waals surface area contributed by atoms with Crippen LogP contribution in [-0.2, 0) is 4.74 Å². The van der Waals surface area contributed by atoms with Gasteiger partial charge in [-0.05, 0) is 13.0 Å². The van der Waals surface area contributed by atoms with Gasteiger partial charge in [0, 0.05) is 5.56 Å². The van der Waals surface area contributed by atoms with Gasteiger partial charge in [-0.25, -0.2) is 15.0 Å². The lowest BCUT2D eigenvalue weighted by molar-refractivity contribution is 0.0526. The Morgan fingerprint density at radius 1 is 1.47 bits per heavy atom. The maximum absolute atomic E-state index is 11.6. The summed E-state index contributed by atoms with van der Waals surface area (Å²) >= 11 is 0. The van der Waals surface area contributed by atoms with E-state index in [1.165, 1.54) is 6.21 Å². The largest absolute Gasteiger partial charge is 0.462 e. The highest BCUT2D eigenvalue weighted by molar-refractivity contribution is 5.99. The van der Waals surface area contributed by atoms with Gasteiger partial charge in [0.1, 0.15) is 0 Å². The summed E-state index contributed by atoms with van der Waals surface area (Å²) in [6.07, 6.45) is 1.33. The molecule has 0 atom stereocenters. The van der Waals surface area contributed by atoms with Crippen molar-refractivity contribution in [2.45, 2.75) is 6.92 Å². The van der Waals surface area contributed by atoms with Gasteiger partial charge in [0.05, 0.1) is 18.4 Å². The van der Waals surface area contributed by atoms with Crippen molar-refractivity contribution in [3.8, 4) is 0 Å². The number of amides is 2. The summed E-state index contributed by atoms with van der Waals surface area (Å²) in [4.78, 5) is 22.0. The maximum atomic E-state index is 11.6. The van der Waals surface area contributed by atoms with Crippen molar-refractivity contribution < 1.29 is 14.3 Å². The number of benzene rings is 1. The van der Waals surface area contributed by atoms with Crippen molar-refractivity contribution in [2.75, 3.05) is 6.61 Å². The molecule has 2 amide bonds. The van der Waals surface area contributed by atoms with Crippen LogP contribution in [0.25, 0.3) is 0 Å². The molecule has 1 aromatic carbocycles. The Morgan fingerprint density at radius 2 is 2.18 bits per heavy atom. The Bertz CT molecular complexity index is 443. The zero-order chi connectivity index (χ0) is 12.7. The van der Waals surface area contributed by atoms with Crippen molar-refractivity contribution in [3.05, 3.63) is 35.4 Å². The van der Waals surface area contributed by atoms with Crippen molar-refractivity contribution in [1.82, 2.24) is 5.43 Å². The number of nitrogens with two attached hydrogens (primary N) is 1. The van der Waals surface area contributed by atoms with Crippen LogP contribution < -0.4 is 11.2 Å². The highest BCUT2D eigenvalue weighted by Crippen LogP contribution is 2.07. The lowest BCUT2D eigenvalue weighted by Gasteiger charge is -2.04. The number of hydrogen-bond donors (Lipinski definition) is 2. The number of hydrazone groups is 1. The van der Waals surface area contributed by atoms with Crippen molar-refractivity contribution >= 4 is 18.2 Å². The van der Waals surface area contributed by atoms with Crippen LogP contribution in [0, 0.1) is 0 Å². The smallest absolute Gasteiger partial charge is 0.338 e. The van der Waals surface area contributed by atoms with E-state index in [0.717, 1.165) is 0 Å². The van der Waals surface area contributed by atoms with Crippen molar-refractivity contribution in [3.63, 3.8) is 0 Å². The lowest BCUT2D eigenvalue weighted by atomic mass is 10.1. The first-order valence-electron chi connectivity index (χ1n) is 4.99. The zero-order valence-electron chi connectivity index (χ0n) is 9.34. The van der Waals surface area contributed by atoms with Gasteiger partial charge in [0.2, 0.25) is 0 Å². The fourth-order valence-electron chi connectivity index (χ4n) is 1.17. The van der Waals surface area contributed by atoms with E-state index in [1.807, 2.05) is 5.43 Å². The maximum Gasteiger partial charge on any atom is 0.338 e. The van der Waals surface area contributed by atoms with Crippen LogP contribution >= 0.6 is 0 Å². The molecular formula is C11H13N3O3. The topological polar surface area (TPSA) is 93.8 Å². The van der Waals surface area contributed by atoms with E-state index in [9.17, 15) is 9.59 Å². The fourth-order valence-corrected chi connectivity index (χ4v) is 1.17. The summed E-state index contributed by atoms with van der Waals surface area (Å²) in [7, 11) is 0. The van der Waals surface area contributed by atoms with E-state index in [-0.39, 0.29) is 0 Å². The molecule has 1 rings (SSSR count). The number of nitrogens with zero attached hydrogens (tertiary/aromatic N) is 1. The molecule has 0 bridgehead atoms. The second-order valence-corrected chi connectivity index (χ2v) is 3.04. The Morgan fingerprint density at radius 3 is 2.82 bits per heavy atom. The summed E-state index contributed by atoms with van der Waals surface area (Å²) in [6, 6.07) is 5.98. The molecule has 0 saturated carbocycles. The molecule has 3 N–H and O–H groups in total. The van der Waals surface area contributed by atoms with E-state index in [2.05, 4.69) is 5.10 Å². The minimum atomic E-state index is -0.769. The average molecular weight is 235 g/mol. The van der Waals surface area contributed by atoms with Crippen LogP contribution in [0.1, 0.15) is 22.8 Å². The summed E-state index contributed by atoms with van der Waals surface area (Å²) in [5, 5.41) is 3.59. The second-order valence-electron chi connectivity index (χ2n) is 3.04. The predicted octanol–water partition coefficient (Wildman–Crippen LogP) is 0.866. The van der Waals surface area contributed by atoms with E-state index < -0.39 is 12.0 Å². The highest BCUT2D eigenvalue weighted by Gasteiger charge is 2.09. The summed E-state index contributed by atoms with van der Waals surface area (Å²) in [5.41, 5.74) is 7.82. The van der Waals surface area contributed by atoms with Gasteiger partial charge in [-0.2, -0.15) is 5.10 Å². The first-order valence-corrected chi connectivity index (χ1v) is 4.99. The Kier molecular flexibility index (Phi) is 4.68. The van der Waals surface area contributed by atoms with Crippen LogP contribution in [0.15, 0.2) is 29.4 Å². The second kappa shape index (κ2) is 6.26. The van der Waals surface area contributed by atoms with Crippen LogP contribution in [0.4, 0.5) is 4.79 Å². The SMILES string of the molecule is CCOC(=O)c1ccccc1C=NNC(N)=O. The normalized spacial score (nSPS) is 10.2. The van der Waals surface area contributed by atoms with Gasteiger partial charge in [-0.1, -0.05) is 18.2 Å². The Hall–Kier alpha value is -2.37. The molecule has 1 aromatic rings. The van der Waals surface area contributed by atoms with Crippen LogP contribution in [0.5, 0.6) is 0 Å². The predicted molar refractivity (Wildman–Crippen MR) is 62.7 cm³/mol. The highest BCUT2D eigenvalue weighted by atomic mass is 16.5. The number of rotatable bonds is 4. The molecule has 0 spiro atoms. The Labute approximate surface area is 98.4 Å². The number of nitrogens with one attached hydrogen (secondary N) is 1. The van der Waals surface area contributed by atoms with Crippen LogP contribution in [-0.4, -0.2) is 24.8 Å². The molecule has 0 aliphatic heterocycles. The summed E-state index contributed by atoms with van der Waals surface area (Å²) in [5.74, 6) is -0.436. The van der Waals surface area contributed by atoms with Crippen LogP contribution in [0.2, 0.25) is 0 Å². The number of ether oxygens (including phenoxy) is 1. The molecule has 0 aliphatic carbocycles. The van der Waals surface area contributed by atoms with Gasteiger partial charge in [-0.15, -0.1) is 0 Å². The van der Waals surface area contributed by atoms with Gasteiger partial charge in [0.25, 0.3) is 0 Å². The molecule has 90 valence electrons. The Balaban J connectivity index is 2.88. The third-order valence-electron chi connectivity index (χ3n) is 1.83. The van der Waals surface area contributed by atoms with Gasteiger partial charge in [0.15, 0.2) is 0 Å². The molecule has 0 fully saturated rings. The standard InChI is InChI=1S/C11H13N3O3/c1-2-17-10(15)9-6-4-3-5-8(9)7-13-14-11(12)16/h3-7H,2H2,1H3,(H3,12,14,16). The number of esters is 1. The van der Waals surface area contributed by atoms with Crippen molar-refractivity contribution in [2.24, 2.45) is 10.8 Å². The van der Waals surface area contributed by atoms with E-state index in [1.54, 1.807) is 31.2 Å². The molecule has 6 nitrogen and oxygen atoms in total. The zero-order valence-corrected chi connectivity index (χ0v) is 9.34. The third kappa shape index (κ3) is 3.94.